The Kier molecular flexibility index (Phi) is 5.75. The lowest BCUT2D eigenvalue weighted by molar-refractivity contribution is -0.137. The summed E-state index contributed by atoms with van der Waals surface area (Å²) >= 11 is 0. The number of benzene rings is 1. The first kappa shape index (κ1) is 16.3. The number of nitrogens with one attached hydrogen (secondary N) is 1. The van der Waals surface area contributed by atoms with Crippen LogP contribution in [0.1, 0.15) is 44.9 Å². The van der Waals surface area contributed by atoms with Crippen LogP contribution in [0.2, 0.25) is 0 Å². The molecule has 1 aliphatic rings. The van der Waals surface area contributed by atoms with Gasteiger partial charge in [-0.15, -0.1) is 0 Å². The Hall–Kier alpha value is -2.11. The molecule has 5 nitrogen and oxygen atoms in total. The Labute approximate surface area is 128 Å². The van der Waals surface area contributed by atoms with Crippen LogP contribution in [-0.2, 0) is 9.59 Å². The highest BCUT2D eigenvalue weighted by Gasteiger charge is 2.20. The molecule has 0 atom stereocenters. The molecule has 0 unspecified atom stereocenters. The number of carboxylic acid groups (broad SMARTS) is 1. The molecular formula is C16H20FNO4. The summed E-state index contributed by atoms with van der Waals surface area (Å²) < 4.78 is 19.4. The summed E-state index contributed by atoms with van der Waals surface area (Å²) in [4.78, 5) is 22.0. The number of carbonyl (C=O) groups is 2. The minimum atomic E-state index is -0.871. The van der Waals surface area contributed by atoms with Crippen molar-refractivity contribution in [1.29, 1.82) is 0 Å². The molecule has 0 spiro atoms. The van der Waals surface area contributed by atoms with E-state index >= 15 is 0 Å². The number of halogens is 1. The number of carboxylic acids is 1. The molecule has 1 aromatic rings. The highest BCUT2D eigenvalue weighted by Crippen LogP contribution is 2.28. The van der Waals surface area contributed by atoms with Gasteiger partial charge in [0.1, 0.15) is 0 Å². The second-order valence-electron chi connectivity index (χ2n) is 5.46. The van der Waals surface area contributed by atoms with Crippen molar-refractivity contribution in [2.24, 2.45) is 0 Å². The minimum absolute atomic E-state index is 0.0507. The number of anilines is 1. The zero-order chi connectivity index (χ0) is 15.9. The Morgan fingerprint density at radius 2 is 2.00 bits per heavy atom. The molecule has 1 fully saturated rings. The van der Waals surface area contributed by atoms with E-state index in [4.69, 9.17) is 9.84 Å². The Morgan fingerprint density at radius 1 is 1.27 bits per heavy atom. The summed E-state index contributed by atoms with van der Waals surface area (Å²) in [6.07, 6.45) is 4.33. The zero-order valence-corrected chi connectivity index (χ0v) is 12.3. The van der Waals surface area contributed by atoms with Crippen LogP contribution in [-0.4, -0.2) is 23.1 Å². The fraction of sp³-hybridized carbons (Fsp3) is 0.500. The van der Waals surface area contributed by atoms with Gasteiger partial charge in [-0.2, -0.15) is 0 Å². The maximum absolute atomic E-state index is 13.9. The minimum Gasteiger partial charge on any atom is -0.487 e. The van der Waals surface area contributed by atoms with Crippen LogP contribution >= 0.6 is 0 Å². The highest BCUT2D eigenvalue weighted by molar-refractivity contribution is 5.90. The predicted molar refractivity (Wildman–Crippen MR) is 79.4 cm³/mol. The van der Waals surface area contributed by atoms with Crippen LogP contribution in [0.4, 0.5) is 10.1 Å². The van der Waals surface area contributed by atoms with Crippen molar-refractivity contribution in [3.63, 3.8) is 0 Å². The number of aliphatic carboxylic acids is 1. The largest absolute Gasteiger partial charge is 0.487 e. The SMILES string of the molecule is O=C(O)CCCCC(=O)Nc1ccc(OC2CCC2)c(F)c1. The number of hydrogen-bond acceptors (Lipinski definition) is 3. The maximum Gasteiger partial charge on any atom is 0.303 e. The lowest BCUT2D eigenvalue weighted by atomic mass is 9.96. The molecule has 6 heteroatoms. The maximum atomic E-state index is 13.9. The van der Waals surface area contributed by atoms with E-state index in [1.165, 1.54) is 12.1 Å². The predicted octanol–water partition coefficient (Wildman–Crippen LogP) is 3.34. The smallest absolute Gasteiger partial charge is 0.303 e. The van der Waals surface area contributed by atoms with Crippen molar-refractivity contribution in [1.82, 2.24) is 0 Å². The van der Waals surface area contributed by atoms with E-state index in [-0.39, 0.29) is 30.6 Å². The van der Waals surface area contributed by atoms with Crippen LogP contribution in [0.25, 0.3) is 0 Å². The third-order valence-corrected chi connectivity index (χ3v) is 3.61. The van der Waals surface area contributed by atoms with E-state index in [2.05, 4.69) is 5.32 Å². The van der Waals surface area contributed by atoms with E-state index in [1.807, 2.05) is 0 Å². The summed E-state index contributed by atoms with van der Waals surface area (Å²) in [5, 5.41) is 11.1. The second-order valence-corrected chi connectivity index (χ2v) is 5.46. The standard InChI is InChI=1S/C16H20FNO4/c17-13-10-11(8-9-14(13)22-12-4-3-5-12)18-15(19)6-1-2-7-16(20)21/h8-10,12H,1-7H2,(H,18,19)(H,20,21). The first-order chi connectivity index (χ1) is 10.5. The molecule has 1 aliphatic carbocycles. The van der Waals surface area contributed by atoms with Crippen LogP contribution in [0.3, 0.4) is 0 Å². The second kappa shape index (κ2) is 7.77. The zero-order valence-electron chi connectivity index (χ0n) is 12.3. The topological polar surface area (TPSA) is 75.6 Å². The third kappa shape index (κ3) is 5.02. The highest BCUT2D eigenvalue weighted by atomic mass is 19.1. The van der Waals surface area contributed by atoms with Crippen molar-refractivity contribution in [2.75, 3.05) is 5.32 Å². The van der Waals surface area contributed by atoms with Gasteiger partial charge < -0.3 is 15.2 Å². The fourth-order valence-electron chi connectivity index (χ4n) is 2.13. The van der Waals surface area contributed by atoms with Crippen molar-refractivity contribution >= 4 is 17.6 Å². The van der Waals surface area contributed by atoms with E-state index in [0.29, 0.717) is 18.5 Å². The Morgan fingerprint density at radius 3 is 2.59 bits per heavy atom. The molecule has 2 rings (SSSR count). The van der Waals surface area contributed by atoms with Crippen molar-refractivity contribution < 1.29 is 23.8 Å². The Balaban J connectivity index is 1.78. The van der Waals surface area contributed by atoms with Gasteiger partial charge >= 0.3 is 5.97 Å². The summed E-state index contributed by atoms with van der Waals surface area (Å²) in [6.45, 7) is 0. The number of unbranched alkanes of at least 4 members (excludes halogenated alkanes) is 1. The number of ether oxygens (including phenoxy) is 1. The molecule has 0 aliphatic heterocycles. The number of carbonyl (C=O) groups excluding carboxylic acids is 1. The quantitative estimate of drug-likeness (QED) is 0.722. The van der Waals surface area contributed by atoms with Crippen LogP contribution in [0, 0.1) is 5.82 Å². The summed E-state index contributed by atoms with van der Waals surface area (Å²) in [5.41, 5.74) is 0.377. The average molecular weight is 309 g/mol. The van der Waals surface area contributed by atoms with E-state index in [9.17, 15) is 14.0 Å². The molecule has 1 saturated carbocycles. The van der Waals surface area contributed by atoms with Gasteiger partial charge in [0.15, 0.2) is 11.6 Å². The molecule has 1 amide bonds. The number of amides is 1. The van der Waals surface area contributed by atoms with E-state index in [0.717, 1.165) is 19.3 Å². The van der Waals surface area contributed by atoms with Crippen molar-refractivity contribution in [2.45, 2.75) is 51.0 Å². The Bertz CT molecular complexity index is 543. The number of hydrogen-bond donors (Lipinski definition) is 2. The van der Waals surface area contributed by atoms with Gasteiger partial charge in [-0.25, -0.2) is 4.39 Å². The number of rotatable bonds is 8. The third-order valence-electron chi connectivity index (χ3n) is 3.61. The molecule has 0 saturated heterocycles. The molecule has 120 valence electrons. The molecule has 22 heavy (non-hydrogen) atoms. The van der Waals surface area contributed by atoms with Gasteiger partial charge in [0.05, 0.1) is 6.10 Å². The lowest BCUT2D eigenvalue weighted by Gasteiger charge is -2.26. The van der Waals surface area contributed by atoms with Gasteiger partial charge in [-0.3, -0.25) is 9.59 Å². The van der Waals surface area contributed by atoms with Crippen molar-refractivity contribution in [3.8, 4) is 5.75 Å². The van der Waals surface area contributed by atoms with Crippen LogP contribution < -0.4 is 10.1 Å². The van der Waals surface area contributed by atoms with Gasteiger partial charge in [-0.1, -0.05) is 0 Å². The normalized spacial score (nSPS) is 14.2. The van der Waals surface area contributed by atoms with Crippen LogP contribution in [0.15, 0.2) is 18.2 Å². The van der Waals surface area contributed by atoms with E-state index in [1.54, 1.807) is 6.07 Å². The van der Waals surface area contributed by atoms with Gasteiger partial charge in [-0.05, 0) is 44.2 Å². The molecule has 0 bridgehead atoms. The fourth-order valence-corrected chi connectivity index (χ4v) is 2.13. The summed E-state index contributed by atoms with van der Waals surface area (Å²) in [5.74, 6) is -1.40. The molecule has 0 aromatic heterocycles. The molecule has 0 heterocycles. The van der Waals surface area contributed by atoms with Gasteiger partial charge in [0.2, 0.25) is 5.91 Å². The molecule has 0 radical (unpaired) electrons. The van der Waals surface area contributed by atoms with E-state index < -0.39 is 11.8 Å². The molecule has 2 N–H and O–H groups in total. The summed E-state index contributed by atoms with van der Waals surface area (Å²) in [7, 11) is 0. The monoisotopic (exact) mass is 309 g/mol. The van der Waals surface area contributed by atoms with Gasteiger partial charge in [0, 0.05) is 24.6 Å². The first-order valence-corrected chi connectivity index (χ1v) is 7.52. The molecular weight excluding hydrogens is 289 g/mol. The molecule has 1 aromatic carbocycles. The van der Waals surface area contributed by atoms with Crippen molar-refractivity contribution in [3.05, 3.63) is 24.0 Å². The first-order valence-electron chi connectivity index (χ1n) is 7.52. The average Bonchev–Trinajstić information content (AvgIpc) is 2.40. The lowest BCUT2D eigenvalue weighted by Crippen LogP contribution is -2.25. The summed E-state index contributed by atoms with van der Waals surface area (Å²) in [6, 6.07) is 4.36. The van der Waals surface area contributed by atoms with Crippen LogP contribution in [0.5, 0.6) is 5.75 Å². The van der Waals surface area contributed by atoms with Gasteiger partial charge in [0.25, 0.3) is 0 Å².